The maximum Gasteiger partial charge on any atom is 0.0101 e. The van der Waals surface area contributed by atoms with Crippen LogP contribution in [0.2, 0.25) is 0 Å². The molecule has 0 fully saturated rings. The van der Waals surface area contributed by atoms with Gasteiger partial charge in [-0.15, -0.1) is 0 Å². The largest absolute Gasteiger partial charge is 0.173 e. The monoisotopic (exact) mass is 314 g/mol. The molecule has 0 saturated heterocycles. The van der Waals surface area contributed by atoms with Gasteiger partial charge < -0.3 is 0 Å². The molecule has 0 aliphatic rings. The smallest absolute Gasteiger partial charge is 0.0101 e. The molecular formula is C20H42S. The van der Waals surface area contributed by atoms with Crippen molar-refractivity contribution in [2.45, 2.75) is 122 Å². The van der Waals surface area contributed by atoms with E-state index in [1.807, 2.05) is 0 Å². The first kappa shape index (κ1) is 21.4. The summed E-state index contributed by atoms with van der Waals surface area (Å²) in [6.07, 6.45) is 19.7. The van der Waals surface area contributed by atoms with Crippen LogP contribution in [0.5, 0.6) is 0 Å². The molecule has 1 atom stereocenters. The van der Waals surface area contributed by atoms with Crippen LogP contribution in [0.15, 0.2) is 0 Å². The summed E-state index contributed by atoms with van der Waals surface area (Å²) in [6, 6.07) is 0. The van der Waals surface area contributed by atoms with Crippen LogP contribution >= 0.6 is 12.6 Å². The van der Waals surface area contributed by atoms with Crippen LogP contribution in [-0.2, 0) is 0 Å². The molecule has 0 aromatic heterocycles. The van der Waals surface area contributed by atoms with Crippen LogP contribution in [0.3, 0.4) is 0 Å². The molecule has 0 amide bonds. The second-order valence-electron chi connectivity index (χ2n) is 7.46. The van der Waals surface area contributed by atoms with E-state index < -0.39 is 0 Å². The zero-order chi connectivity index (χ0) is 16.0. The molecule has 0 radical (unpaired) electrons. The first-order valence-corrected chi connectivity index (χ1v) is 10.2. The normalized spacial score (nSPS) is 13.6. The molecule has 0 bridgehead atoms. The number of thiol groups is 1. The van der Waals surface area contributed by atoms with E-state index in [0.717, 1.165) is 5.92 Å². The standard InChI is InChI=1S/C20H42S/c1-5-7-9-11-12-13-14-16-18-19(20(3,4)21)17-15-10-8-6-2/h19,21H,5-18H2,1-4H3. The molecule has 0 saturated carbocycles. The zero-order valence-corrected chi connectivity index (χ0v) is 16.3. The van der Waals surface area contributed by atoms with Gasteiger partial charge in [0.05, 0.1) is 0 Å². The van der Waals surface area contributed by atoms with Gasteiger partial charge in [0.15, 0.2) is 0 Å². The van der Waals surface area contributed by atoms with Crippen molar-refractivity contribution < 1.29 is 0 Å². The van der Waals surface area contributed by atoms with Crippen molar-refractivity contribution in [1.82, 2.24) is 0 Å². The van der Waals surface area contributed by atoms with Crippen molar-refractivity contribution in [2.75, 3.05) is 0 Å². The molecule has 0 nitrogen and oxygen atoms in total. The third-order valence-electron chi connectivity index (χ3n) is 4.81. The van der Waals surface area contributed by atoms with Crippen molar-refractivity contribution in [3.63, 3.8) is 0 Å². The van der Waals surface area contributed by atoms with Crippen molar-refractivity contribution in [3.8, 4) is 0 Å². The summed E-state index contributed by atoms with van der Waals surface area (Å²) < 4.78 is 0.202. The maximum atomic E-state index is 4.86. The Bertz CT molecular complexity index is 204. The molecule has 21 heavy (non-hydrogen) atoms. The van der Waals surface area contributed by atoms with Gasteiger partial charge in [0.25, 0.3) is 0 Å². The van der Waals surface area contributed by atoms with Crippen LogP contribution in [-0.4, -0.2) is 4.75 Å². The lowest BCUT2D eigenvalue weighted by atomic mass is 9.85. The van der Waals surface area contributed by atoms with Gasteiger partial charge in [0.1, 0.15) is 0 Å². The van der Waals surface area contributed by atoms with Crippen LogP contribution in [0, 0.1) is 5.92 Å². The molecule has 0 aromatic rings. The zero-order valence-electron chi connectivity index (χ0n) is 15.4. The quantitative estimate of drug-likeness (QED) is 0.231. The van der Waals surface area contributed by atoms with E-state index in [-0.39, 0.29) is 4.75 Å². The average Bonchev–Trinajstić information content (AvgIpc) is 2.42. The molecule has 1 unspecified atom stereocenters. The molecule has 1 heteroatoms. The molecule has 128 valence electrons. The summed E-state index contributed by atoms with van der Waals surface area (Å²) in [6.45, 7) is 9.21. The van der Waals surface area contributed by atoms with Crippen LogP contribution in [0.1, 0.15) is 118 Å². The summed E-state index contributed by atoms with van der Waals surface area (Å²) >= 11 is 4.86. The highest BCUT2D eigenvalue weighted by molar-refractivity contribution is 7.81. The lowest BCUT2D eigenvalue weighted by Gasteiger charge is -2.30. The fraction of sp³-hybridized carbons (Fsp3) is 1.00. The van der Waals surface area contributed by atoms with E-state index in [0.29, 0.717) is 0 Å². The Balaban J connectivity index is 3.67. The number of rotatable bonds is 15. The van der Waals surface area contributed by atoms with Gasteiger partial charge in [-0.05, 0) is 18.8 Å². The molecule has 0 heterocycles. The Morgan fingerprint density at radius 3 is 1.33 bits per heavy atom. The molecule has 0 aromatic carbocycles. The van der Waals surface area contributed by atoms with Crippen LogP contribution in [0.4, 0.5) is 0 Å². The Kier molecular flexibility index (Phi) is 14.2. The molecule has 0 aliphatic carbocycles. The van der Waals surface area contributed by atoms with E-state index in [4.69, 9.17) is 12.6 Å². The highest BCUT2D eigenvalue weighted by Crippen LogP contribution is 2.33. The molecule has 0 spiro atoms. The Morgan fingerprint density at radius 1 is 0.619 bits per heavy atom. The van der Waals surface area contributed by atoms with Gasteiger partial charge in [-0.1, -0.05) is 105 Å². The van der Waals surface area contributed by atoms with Crippen LogP contribution in [0.25, 0.3) is 0 Å². The minimum absolute atomic E-state index is 0.202. The number of hydrogen-bond acceptors (Lipinski definition) is 1. The van der Waals surface area contributed by atoms with Crippen molar-refractivity contribution in [3.05, 3.63) is 0 Å². The SMILES string of the molecule is CCCCCCCCCCC(CCCCCC)C(C)(C)S. The predicted octanol–water partition coefficient (Wildman–Crippen LogP) is 7.81. The first-order valence-electron chi connectivity index (χ1n) is 9.74. The minimum atomic E-state index is 0.202. The summed E-state index contributed by atoms with van der Waals surface area (Å²) in [7, 11) is 0. The van der Waals surface area contributed by atoms with Crippen molar-refractivity contribution in [2.24, 2.45) is 5.92 Å². The van der Waals surface area contributed by atoms with Gasteiger partial charge in [0, 0.05) is 4.75 Å². The first-order chi connectivity index (χ1) is 10.0. The highest BCUT2D eigenvalue weighted by atomic mass is 32.1. The van der Waals surface area contributed by atoms with E-state index in [9.17, 15) is 0 Å². The molecule has 0 N–H and O–H groups in total. The highest BCUT2D eigenvalue weighted by Gasteiger charge is 2.24. The van der Waals surface area contributed by atoms with Gasteiger partial charge >= 0.3 is 0 Å². The van der Waals surface area contributed by atoms with E-state index in [1.54, 1.807) is 0 Å². The summed E-state index contributed by atoms with van der Waals surface area (Å²) in [4.78, 5) is 0. The second kappa shape index (κ2) is 14.0. The Hall–Kier alpha value is 0.350. The third-order valence-corrected chi connectivity index (χ3v) is 5.18. The minimum Gasteiger partial charge on any atom is -0.173 e. The lowest BCUT2D eigenvalue weighted by Crippen LogP contribution is -2.24. The van der Waals surface area contributed by atoms with Gasteiger partial charge in [-0.25, -0.2) is 0 Å². The average molecular weight is 315 g/mol. The summed E-state index contributed by atoms with van der Waals surface area (Å²) in [5.74, 6) is 0.804. The fourth-order valence-electron chi connectivity index (χ4n) is 3.19. The lowest BCUT2D eigenvalue weighted by molar-refractivity contribution is 0.342. The predicted molar refractivity (Wildman–Crippen MR) is 103 cm³/mol. The summed E-state index contributed by atoms with van der Waals surface area (Å²) in [5, 5.41) is 0. The second-order valence-corrected chi connectivity index (χ2v) is 8.62. The molecule has 0 rings (SSSR count). The molecular weight excluding hydrogens is 272 g/mol. The Morgan fingerprint density at radius 2 is 0.952 bits per heavy atom. The Labute approximate surface area is 141 Å². The van der Waals surface area contributed by atoms with Crippen molar-refractivity contribution in [1.29, 1.82) is 0 Å². The number of hydrogen-bond donors (Lipinski definition) is 1. The van der Waals surface area contributed by atoms with Crippen molar-refractivity contribution >= 4 is 12.6 Å². The summed E-state index contributed by atoms with van der Waals surface area (Å²) in [5.41, 5.74) is 0. The molecule has 0 aliphatic heterocycles. The van der Waals surface area contributed by atoms with Gasteiger partial charge in [0.2, 0.25) is 0 Å². The van der Waals surface area contributed by atoms with E-state index >= 15 is 0 Å². The van der Waals surface area contributed by atoms with Gasteiger partial charge in [-0.3, -0.25) is 0 Å². The third kappa shape index (κ3) is 13.7. The van der Waals surface area contributed by atoms with Gasteiger partial charge in [-0.2, -0.15) is 12.6 Å². The fourth-order valence-corrected chi connectivity index (χ4v) is 3.45. The topological polar surface area (TPSA) is 0 Å². The van der Waals surface area contributed by atoms with E-state index in [1.165, 1.54) is 89.9 Å². The number of unbranched alkanes of at least 4 members (excludes halogenated alkanes) is 10. The van der Waals surface area contributed by atoms with E-state index in [2.05, 4.69) is 27.7 Å². The maximum absolute atomic E-state index is 4.86. The van der Waals surface area contributed by atoms with Crippen LogP contribution < -0.4 is 0 Å².